The Morgan fingerprint density at radius 2 is 2.15 bits per heavy atom. The van der Waals surface area contributed by atoms with E-state index < -0.39 is 0 Å². The molecule has 0 saturated heterocycles. The standard InChI is InChI=1S/C15H13ClN2OS/c1-9-10(2)20-14-13(9)15(19)18(8-17-14)7-11-4-3-5-12(16)6-11/h3-6,8H,7H2,1-2H3. The third-order valence-electron chi connectivity index (χ3n) is 3.40. The fraction of sp³-hybridized carbons (Fsp3) is 0.200. The second-order valence-corrected chi connectivity index (χ2v) is 6.41. The molecule has 0 radical (unpaired) electrons. The van der Waals surface area contributed by atoms with E-state index in [2.05, 4.69) is 4.98 Å². The number of thiophene rings is 1. The average molecular weight is 305 g/mol. The molecule has 0 saturated carbocycles. The molecule has 0 N–H and O–H groups in total. The number of nitrogens with zero attached hydrogens (tertiary/aromatic N) is 2. The first-order valence-electron chi connectivity index (χ1n) is 6.26. The van der Waals surface area contributed by atoms with Crippen molar-refractivity contribution >= 4 is 33.2 Å². The van der Waals surface area contributed by atoms with Crippen LogP contribution in [-0.4, -0.2) is 9.55 Å². The lowest BCUT2D eigenvalue weighted by Crippen LogP contribution is -2.21. The summed E-state index contributed by atoms with van der Waals surface area (Å²) < 4.78 is 1.63. The monoisotopic (exact) mass is 304 g/mol. The van der Waals surface area contributed by atoms with E-state index in [1.165, 1.54) is 0 Å². The summed E-state index contributed by atoms with van der Waals surface area (Å²) in [5, 5.41) is 1.41. The Labute approximate surface area is 125 Å². The van der Waals surface area contributed by atoms with Crippen LogP contribution in [0.3, 0.4) is 0 Å². The molecule has 20 heavy (non-hydrogen) atoms. The fourth-order valence-corrected chi connectivity index (χ4v) is 3.41. The normalized spacial score (nSPS) is 11.2. The first-order chi connectivity index (χ1) is 9.56. The molecule has 0 spiro atoms. The predicted molar refractivity (Wildman–Crippen MR) is 83.9 cm³/mol. The third kappa shape index (κ3) is 2.25. The van der Waals surface area contributed by atoms with E-state index in [1.807, 2.05) is 38.1 Å². The zero-order valence-corrected chi connectivity index (χ0v) is 12.8. The quantitative estimate of drug-likeness (QED) is 0.722. The Kier molecular flexibility index (Phi) is 3.36. The molecule has 0 aliphatic rings. The molecule has 0 atom stereocenters. The smallest absolute Gasteiger partial charge is 0.262 e. The average Bonchev–Trinajstić information content (AvgIpc) is 2.69. The molecule has 3 nitrogen and oxygen atoms in total. The molecule has 2 heterocycles. The number of aryl methyl sites for hydroxylation is 2. The molecule has 5 heteroatoms. The zero-order valence-electron chi connectivity index (χ0n) is 11.2. The minimum absolute atomic E-state index is 0.0109. The zero-order chi connectivity index (χ0) is 14.3. The van der Waals surface area contributed by atoms with Crippen LogP contribution in [0.2, 0.25) is 5.02 Å². The van der Waals surface area contributed by atoms with Crippen molar-refractivity contribution in [1.82, 2.24) is 9.55 Å². The molecule has 102 valence electrons. The summed E-state index contributed by atoms with van der Waals surface area (Å²) in [6.45, 7) is 4.47. The summed E-state index contributed by atoms with van der Waals surface area (Å²) in [5.41, 5.74) is 2.03. The largest absolute Gasteiger partial charge is 0.294 e. The summed E-state index contributed by atoms with van der Waals surface area (Å²) in [4.78, 5) is 18.9. The van der Waals surface area contributed by atoms with E-state index in [4.69, 9.17) is 11.6 Å². The predicted octanol–water partition coefficient (Wildman–Crippen LogP) is 3.78. The summed E-state index contributed by atoms with van der Waals surface area (Å²) in [6.07, 6.45) is 1.61. The number of fused-ring (bicyclic) bond motifs is 1. The molecule has 0 amide bonds. The van der Waals surface area contributed by atoms with Crippen LogP contribution in [0, 0.1) is 13.8 Å². The van der Waals surface area contributed by atoms with Crippen molar-refractivity contribution in [2.45, 2.75) is 20.4 Å². The highest BCUT2D eigenvalue weighted by molar-refractivity contribution is 7.18. The fourth-order valence-electron chi connectivity index (χ4n) is 2.21. The van der Waals surface area contributed by atoms with Gasteiger partial charge in [-0.1, -0.05) is 23.7 Å². The van der Waals surface area contributed by atoms with Crippen molar-refractivity contribution in [3.05, 3.63) is 62.0 Å². The Balaban J connectivity index is 2.11. The Morgan fingerprint density at radius 3 is 2.90 bits per heavy atom. The van der Waals surface area contributed by atoms with E-state index in [1.54, 1.807) is 22.2 Å². The second kappa shape index (κ2) is 5.04. The highest BCUT2D eigenvalue weighted by atomic mass is 35.5. The van der Waals surface area contributed by atoms with E-state index in [0.717, 1.165) is 26.2 Å². The lowest BCUT2D eigenvalue weighted by Gasteiger charge is -2.06. The van der Waals surface area contributed by atoms with Crippen molar-refractivity contribution in [2.75, 3.05) is 0 Å². The van der Waals surface area contributed by atoms with Gasteiger partial charge >= 0.3 is 0 Å². The highest BCUT2D eigenvalue weighted by Crippen LogP contribution is 2.25. The van der Waals surface area contributed by atoms with E-state index >= 15 is 0 Å². The Morgan fingerprint density at radius 1 is 1.35 bits per heavy atom. The molecule has 0 unspecified atom stereocenters. The van der Waals surface area contributed by atoms with Crippen LogP contribution in [-0.2, 0) is 6.54 Å². The summed E-state index contributed by atoms with van der Waals surface area (Å²) in [6, 6.07) is 7.52. The SMILES string of the molecule is Cc1sc2ncn(Cc3cccc(Cl)c3)c(=O)c2c1C. The van der Waals surface area contributed by atoms with E-state index in [0.29, 0.717) is 11.6 Å². The van der Waals surface area contributed by atoms with Crippen molar-refractivity contribution < 1.29 is 0 Å². The number of hydrogen-bond acceptors (Lipinski definition) is 3. The second-order valence-electron chi connectivity index (χ2n) is 4.77. The minimum atomic E-state index is 0.0109. The topological polar surface area (TPSA) is 34.9 Å². The van der Waals surface area contributed by atoms with Gasteiger partial charge in [0.2, 0.25) is 0 Å². The van der Waals surface area contributed by atoms with Crippen LogP contribution >= 0.6 is 22.9 Å². The van der Waals surface area contributed by atoms with Gasteiger partial charge in [-0.05, 0) is 37.1 Å². The molecular formula is C15H13ClN2OS. The van der Waals surface area contributed by atoms with Gasteiger partial charge in [0.05, 0.1) is 18.3 Å². The van der Waals surface area contributed by atoms with Crippen LogP contribution in [0.4, 0.5) is 0 Å². The van der Waals surface area contributed by atoms with Crippen LogP contribution in [0.1, 0.15) is 16.0 Å². The molecular weight excluding hydrogens is 292 g/mol. The molecule has 1 aromatic carbocycles. The summed E-state index contributed by atoms with van der Waals surface area (Å²) in [7, 11) is 0. The number of hydrogen-bond donors (Lipinski definition) is 0. The van der Waals surface area contributed by atoms with E-state index in [-0.39, 0.29) is 5.56 Å². The minimum Gasteiger partial charge on any atom is -0.294 e. The number of aromatic nitrogens is 2. The van der Waals surface area contributed by atoms with Crippen LogP contribution < -0.4 is 5.56 Å². The molecule has 0 aliphatic heterocycles. The first-order valence-corrected chi connectivity index (χ1v) is 7.45. The molecule has 2 aromatic heterocycles. The van der Waals surface area contributed by atoms with Gasteiger partial charge in [0.15, 0.2) is 0 Å². The lowest BCUT2D eigenvalue weighted by atomic mass is 10.2. The van der Waals surface area contributed by atoms with Gasteiger partial charge in [-0.25, -0.2) is 4.98 Å². The van der Waals surface area contributed by atoms with Crippen molar-refractivity contribution in [1.29, 1.82) is 0 Å². The Bertz CT molecular complexity index is 851. The maximum absolute atomic E-state index is 12.5. The van der Waals surface area contributed by atoms with Gasteiger partial charge in [-0.15, -0.1) is 11.3 Å². The van der Waals surface area contributed by atoms with Crippen molar-refractivity contribution in [3.63, 3.8) is 0 Å². The van der Waals surface area contributed by atoms with Gasteiger partial charge in [0, 0.05) is 9.90 Å². The molecule has 0 bridgehead atoms. The van der Waals surface area contributed by atoms with Gasteiger partial charge in [-0.2, -0.15) is 0 Å². The number of halogens is 1. The van der Waals surface area contributed by atoms with Gasteiger partial charge in [0.25, 0.3) is 5.56 Å². The lowest BCUT2D eigenvalue weighted by molar-refractivity contribution is 0.749. The van der Waals surface area contributed by atoms with Crippen molar-refractivity contribution in [2.24, 2.45) is 0 Å². The first kappa shape index (κ1) is 13.3. The summed E-state index contributed by atoms with van der Waals surface area (Å²) in [5.74, 6) is 0. The molecule has 3 aromatic rings. The number of benzene rings is 1. The van der Waals surface area contributed by atoms with Crippen LogP contribution in [0.25, 0.3) is 10.2 Å². The number of rotatable bonds is 2. The maximum atomic E-state index is 12.5. The van der Waals surface area contributed by atoms with Crippen LogP contribution in [0.15, 0.2) is 35.4 Å². The molecule has 0 aliphatic carbocycles. The van der Waals surface area contributed by atoms with Crippen molar-refractivity contribution in [3.8, 4) is 0 Å². The molecule has 3 rings (SSSR count). The Hall–Kier alpha value is -1.65. The van der Waals surface area contributed by atoms with Gasteiger partial charge in [0.1, 0.15) is 4.83 Å². The highest BCUT2D eigenvalue weighted by Gasteiger charge is 2.12. The molecule has 0 fully saturated rings. The van der Waals surface area contributed by atoms with Gasteiger partial charge < -0.3 is 0 Å². The van der Waals surface area contributed by atoms with Gasteiger partial charge in [-0.3, -0.25) is 9.36 Å². The third-order valence-corrected chi connectivity index (χ3v) is 4.75. The van der Waals surface area contributed by atoms with Crippen LogP contribution in [0.5, 0.6) is 0 Å². The summed E-state index contributed by atoms with van der Waals surface area (Å²) >= 11 is 7.54. The van der Waals surface area contributed by atoms with E-state index in [9.17, 15) is 4.79 Å². The maximum Gasteiger partial charge on any atom is 0.262 e.